The summed E-state index contributed by atoms with van der Waals surface area (Å²) in [5.41, 5.74) is 0.478. The molecular weight excluding hydrogens is 463 g/mol. The number of nitrogens with zero attached hydrogens (tertiary/aromatic N) is 6. The van der Waals surface area contributed by atoms with Crippen LogP contribution >= 0.6 is 0 Å². The lowest BCUT2D eigenvalue weighted by molar-refractivity contribution is -0.141. The summed E-state index contributed by atoms with van der Waals surface area (Å²) in [6, 6.07) is 1.55. The smallest absolute Gasteiger partial charge is 0.388 e. The van der Waals surface area contributed by atoms with Crippen molar-refractivity contribution < 1.29 is 23.1 Å². The molecule has 1 aliphatic rings. The van der Waals surface area contributed by atoms with Crippen LogP contribution in [0.5, 0.6) is 0 Å². The molecular formula is C23H26F3N7O2. The highest BCUT2D eigenvalue weighted by Gasteiger charge is 2.42. The van der Waals surface area contributed by atoms with Gasteiger partial charge < -0.3 is 15.3 Å². The number of likely N-dealkylation sites (N-methyl/N-ethyl adjacent to an activating group) is 1. The van der Waals surface area contributed by atoms with E-state index < -0.39 is 23.5 Å². The number of hydrogen-bond acceptors (Lipinski definition) is 7. The van der Waals surface area contributed by atoms with Crippen molar-refractivity contribution in [1.29, 1.82) is 0 Å². The number of fused-ring (bicyclic) bond motifs is 1. The van der Waals surface area contributed by atoms with Crippen LogP contribution in [0, 0.1) is 6.92 Å². The van der Waals surface area contributed by atoms with Gasteiger partial charge in [-0.2, -0.15) is 18.3 Å². The monoisotopic (exact) mass is 489 g/mol. The van der Waals surface area contributed by atoms with Gasteiger partial charge in [-0.25, -0.2) is 9.97 Å². The van der Waals surface area contributed by atoms with Crippen LogP contribution in [-0.2, 0) is 30.4 Å². The number of aryl methyl sites for hydroxylation is 3. The first kappa shape index (κ1) is 24.6. The summed E-state index contributed by atoms with van der Waals surface area (Å²) in [6.07, 6.45) is 1.35. The first-order chi connectivity index (χ1) is 16.3. The van der Waals surface area contributed by atoms with Gasteiger partial charge in [-0.15, -0.1) is 0 Å². The molecule has 0 aliphatic carbocycles. The molecule has 0 saturated heterocycles. The van der Waals surface area contributed by atoms with Gasteiger partial charge in [0.2, 0.25) is 5.91 Å². The van der Waals surface area contributed by atoms with Gasteiger partial charge in [-0.1, -0.05) is 6.07 Å². The molecule has 0 bridgehead atoms. The maximum Gasteiger partial charge on any atom is 0.433 e. The van der Waals surface area contributed by atoms with E-state index in [1.54, 1.807) is 43.6 Å². The Morgan fingerprint density at radius 1 is 1.11 bits per heavy atom. The number of carbonyl (C=O) groups excluding carboxylic acids is 1. The normalized spacial score (nSPS) is 16.3. The standard InChI is InChI=1S/C23H26F3N7O2/c1-13-18-20(32(4)19(21(34)31-18)22(2,3)35)30-17(29-13)8-6-15-10-28-33(12-15)11-14-5-7-16(27-9-14)23(24,25)26/h5,7,9-10,12,19,35H,6,8,11H2,1-4H3,(H,31,34)/t19-/m1/s1. The number of carbonyl (C=O) groups is 1. The van der Waals surface area contributed by atoms with Crippen LogP contribution in [0.4, 0.5) is 24.7 Å². The second kappa shape index (κ2) is 8.91. The Morgan fingerprint density at radius 3 is 2.49 bits per heavy atom. The summed E-state index contributed by atoms with van der Waals surface area (Å²) in [4.78, 5) is 26.8. The Kier molecular flexibility index (Phi) is 6.26. The summed E-state index contributed by atoms with van der Waals surface area (Å²) >= 11 is 0. The Morgan fingerprint density at radius 2 is 1.86 bits per heavy atom. The number of aromatic nitrogens is 5. The topological polar surface area (TPSA) is 109 Å². The second-order valence-electron chi connectivity index (χ2n) is 9.18. The van der Waals surface area contributed by atoms with E-state index in [2.05, 4.69) is 25.4 Å². The predicted molar refractivity (Wildman–Crippen MR) is 122 cm³/mol. The Balaban J connectivity index is 1.44. The minimum atomic E-state index is -4.47. The second-order valence-corrected chi connectivity index (χ2v) is 9.18. The fourth-order valence-electron chi connectivity index (χ4n) is 4.16. The van der Waals surface area contributed by atoms with Gasteiger partial charge in [0.1, 0.15) is 23.2 Å². The Bertz CT molecular complexity index is 1230. The number of alkyl halides is 3. The van der Waals surface area contributed by atoms with E-state index in [0.29, 0.717) is 48.0 Å². The Hall–Kier alpha value is -3.54. The Labute approximate surface area is 200 Å². The van der Waals surface area contributed by atoms with Crippen LogP contribution in [0.1, 0.15) is 42.2 Å². The zero-order chi connectivity index (χ0) is 25.5. The number of nitrogens with one attached hydrogen (secondary N) is 1. The zero-order valence-corrected chi connectivity index (χ0v) is 19.8. The lowest BCUT2D eigenvalue weighted by Crippen LogP contribution is -2.57. The maximum absolute atomic E-state index is 12.7. The van der Waals surface area contributed by atoms with Gasteiger partial charge >= 0.3 is 6.18 Å². The molecule has 0 radical (unpaired) electrons. The predicted octanol–water partition coefficient (Wildman–Crippen LogP) is 2.76. The lowest BCUT2D eigenvalue weighted by atomic mass is 9.94. The van der Waals surface area contributed by atoms with E-state index >= 15 is 0 Å². The van der Waals surface area contributed by atoms with Crippen LogP contribution in [0.25, 0.3) is 0 Å². The molecule has 4 rings (SSSR count). The molecule has 12 heteroatoms. The molecule has 186 valence electrons. The maximum atomic E-state index is 12.7. The third-order valence-corrected chi connectivity index (χ3v) is 5.79. The van der Waals surface area contributed by atoms with E-state index in [0.717, 1.165) is 11.6 Å². The van der Waals surface area contributed by atoms with E-state index in [9.17, 15) is 23.1 Å². The SMILES string of the molecule is Cc1nc(CCc2cnn(Cc3ccc(C(F)(F)F)nc3)c2)nc2c1NC(=O)[C@H](C(C)(C)O)N2C. The van der Waals surface area contributed by atoms with Gasteiger partial charge in [-0.05, 0) is 44.4 Å². The summed E-state index contributed by atoms with van der Waals surface area (Å²) < 4.78 is 39.7. The van der Waals surface area contributed by atoms with Crippen molar-refractivity contribution in [1.82, 2.24) is 24.7 Å². The quantitative estimate of drug-likeness (QED) is 0.548. The third kappa shape index (κ3) is 5.26. The van der Waals surface area contributed by atoms with Crippen molar-refractivity contribution in [2.24, 2.45) is 0 Å². The molecule has 1 atom stereocenters. The van der Waals surface area contributed by atoms with Crippen molar-refractivity contribution in [3.8, 4) is 0 Å². The van der Waals surface area contributed by atoms with Crippen molar-refractivity contribution in [3.05, 3.63) is 59.1 Å². The van der Waals surface area contributed by atoms with Crippen LogP contribution < -0.4 is 10.2 Å². The van der Waals surface area contributed by atoms with Gasteiger partial charge in [0.05, 0.1) is 24.0 Å². The molecule has 9 nitrogen and oxygen atoms in total. The fourth-order valence-corrected chi connectivity index (χ4v) is 4.16. The molecule has 3 aromatic heterocycles. The number of rotatable bonds is 6. The van der Waals surface area contributed by atoms with Crippen LogP contribution in [0.2, 0.25) is 0 Å². The molecule has 0 unspecified atom stereocenters. The number of aliphatic hydroxyl groups is 1. The molecule has 3 aromatic rings. The molecule has 0 fully saturated rings. The van der Waals surface area contributed by atoms with Crippen molar-refractivity contribution in [2.45, 2.75) is 58.0 Å². The van der Waals surface area contributed by atoms with E-state index in [1.165, 1.54) is 12.3 Å². The number of amides is 1. The molecule has 0 saturated carbocycles. The largest absolute Gasteiger partial charge is 0.433 e. The molecule has 4 heterocycles. The van der Waals surface area contributed by atoms with E-state index in [1.807, 2.05) is 6.20 Å². The molecule has 1 aliphatic heterocycles. The van der Waals surface area contributed by atoms with Crippen LogP contribution in [0.15, 0.2) is 30.7 Å². The van der Waals surface area contributed by atoms with Gasteiger partial charge in [0.15, 0.2) is 5.82 Å². The third-order valence-electron chi connectivity index (χ3n) is 5.79. The molecule has 2 N–H and O–H groups in total. The van der Waals surface area contributed by atoms with Gasteiger partial charge in [-0.3, -0.25) is 14.5 Å². The van der Waals surface area contributed by atoms with Crippen LogP contribution in [0.3, 0.4) is 0 Å². The summed E-state index contributed by atoms with van der Waals surface area (Å²) in [7, 11) is 1.72. The first-order valence-corrected chi connectivity index (χ1v) is 11.0. The van der Waals surface area contributed by atoms with Crippen molar-refractivity contribution in [3.63, 3.8) is 0 Å². The summed E-state index contributed by atoms with van der Waals surface area (Å²) in [5.74, 6) is 0.811. The minimum Gasteiger partial charge on any atom is -0.388 e. The summed E-state index contributed by atoms with van der Waals surface area (Å²) in [5, 5.41) is 17.5. The zero-order valence-electron chi connectivity index (χ0n) is 19.8. The number of anilines is 2. The van der Waals surface area contributed by atoms with Crippen molar-refractivity contribution in [2.75, 3.05) is 17.3 Å². The molecule has 1 amide bonds. The van der Waals surface area contributed by atoms with Crippen molar-refractivity contribution >= 4 is 17.4 Å². The summed E-state index contributed by atoms with van der Waals surface area (Å²) in [6.45, 7) is 5.24. The molecule has 0 aromatic carbocycles. The van der Waals surface area contributed by atoms with E-state index in [-0.39, 0.29) is 5.91 Å². The lowest BCUT2D eigenvalue weighted by Gasteiger charge is -2.40. The first-order valence-electron chi connectivity index (χ1n) is 11.0. The number of pyridine rings is 1. The van der Waals surface area contributed by atoms with Crippen LogP contribution in [-0.4, -0.2) is 54.4 Å². The number of hydrogen-bond donors (Lipinski definition) is 2. The minimum absolute atomic E-state index is 0.294. The van der Waals surface area contributed by atoms with Gasteiger partial charge in [0, 0.05) is 25.9 Å². The average Bonchev–Trinajstić information content (AvgIpc) is 3.19. The average molecular weight is 490 g/mol. The number of halogens is 3. The molecule has 0 spiro atoms. The van der Waals surface area contributed by atoms with E-state index in [4.69, 9.17) is 0 Å². The molecule has 35 heavy (non-hydrogen) atoms. The highest BCUT2D eigenvalue weighted by atomic mass is 19.4. The highest BCUT2D eigenvalue weighted by molar-refractivity contribution is 6.04. The van der Waals surface area contributed by atoms with Gasteiger partial charge in [0.25, 0.3) is 0 Å². The fraction of sp³-hybridized carbons (Fsp3) is 0.435. The highest BCUT2D eigenvalue weighted by Crippen LogP contribution is 2.34.